The van der Waals surface area contributed by atoms with Crippen molar-refractivity contribution in [2.45, 2.75) is 37.2 Å². The lowest BCUT2D eigenvalue weighted by Gasteiger charge is -2.30. The molecule has 1 heterocycles. The minimum absolute atomic E-state index is 0.0257. The molecule has 1 N–H and O–H groups in total. The molecule has 2 aromatic rings. The van der Waals surface area contributed by atoms with Crippen molar-refractivity contribution in [3.8, 4) is 0 Å². The van der Waals surface area contributed by atoms with E-state index < -0.39 is 33.9 Å². The Kier molecular flexibility index (Phi) is 5.17. The van der Waals surface area contributed by atoms with E-state index in [0.29, 0.717) is 6.42 Å². The summed E-state index contributed by atoms with van der Waals surface area (Å²) in [4.78, 5) is 11.8. The molecule has 3 rings (SSSR count). The van der Waals surface area contributed by atoms with Crippen molar-refractivity contribution in [3.05, 3.63) is 77.1 Å². The van der Waals surface area contributed by atoms with Crippen LogP contribution in [0.25, 0.3) is 0 Å². The normalized spacial score (nSPS) is 20.5. The molecule has 27 heavy (non-hydrogen) atoms. The molecule has 0 amide bonds. The standard InChI is InChI=1S/C20H20FNO4S/c1-3-14-12-17(20(23)24)19(16-6-4-5-7-18(16)21)22(14)27(25,26)15-10-8-13(2)9-11-15/h4-12,14,19H,3H2,1-2H3,(H,23,24)/t14-,19+/m0/s1. The molecule has 0 spiro atoms. The molecule has 2 aromatic carbocycles. The number of carbonyl (C=O) groups is 1. The van der Waals surface area contributed by atoms with Crippen molar-refractivity contribution >= 4 is 16.0 Å². The van der Waals surface area contributed by atoms with Gasteiger partial charge in [-0.3, -0.25) is 0 Å². The van der Waals surface area contributed by atoms with Crippen LogP contribution in [-0.4, -0.2) is 29.8 Å². The largest absolute Gasteiger partial charge is 0.478 e. The summed E-state index contributed by atoms with van der Waals surface area (Å²) in [6.45, 7) is 3.61. The fraction of sp³-hybridized carbons (Fsp3) is 0.250. The maximum Gasteiger partial charge on any atom is 0.333 e. The number of carboxylic acids is 1. The van der Waals surface area contributed by atoms with Crippen LogP contribution in [-0.2, 0) is 14.8 Å². The predicted molar refractivity (Wildman–Crippen MR) is 99.1 cm³/mol. The summed E-state index contributed by atoms with van der Waals surface area (Å²) < 4.78 is 42.3. The van der Waals surface area contributed by atoms with E-state index in [-0.39, 0.29) is 16.0 Å². The van der Waals surface area contributed by atoms with E-state index in [2.05, 4.69) is 0 Å². The van der Waals surface area contributed by atoms with Gasteiger partial charge in [0.2, 0.25) is 10.0 Å². The first-order valence-corrected chi connectivity index (χ1v) is 10.0. The van der Waals surface area contributed by atoms with Crippen molar-refractivity contribution in [1.82, 2.24) is 4.31 Å². The van der Waals surface area contributed by atoms with Crippen molar-refractivity contribution in [3.63, 3.8) is 0 Å². The summed E-state index contributed by atoms with van der Waals surface area (Å²) in [6.07, 6.45) is 1.78. The second kappa shape index (κ2) is 7.25. The molecule has 0 aliphatic carbocycles. The average molecular weight is 389 g/mol. The molecule has 1 aliphatic heterocycles. The SMILES string of the molecule is CC[C@H]1C=C(C(=O)O)[C@@H](c2ccccc2F)N1S(=O)(=O)c1ccc(C)cc1. The zero-order valence-corrected chi connectivity index (χ0v) is 15.8. The molecule has 0 saturated carbocycles. The van der Waals surface area contributed by atoms with Crippen LogP contribution in [0, 0.1) is 12.7 Å². The number of aryl methyl sites for hydroxylation is 1. The van der Waals surface area contributed by atoms with Crippen LogP contribution >= 0.6 is 0 Å². The summed E-state index contributed by atoms with van der Waals surface area (Å²) >= 11 is 0. The first-order chi connectivity index (χ1) is 12.8. The Balaban J connectivity index is 2.20. The minimum Gasteiger partial charge on any atom is -0.478 e. The lowest BCUT2D eigenvalue weighted by molar-refractivity contribution is -0.133. The van der Waals surface area contributed by atoms with Gasteiger partial charge in [-0.2, -0.15) is 4.31 Å². The Morgan fingerprint density at radius 1 is 1.15 bits per heavy atom. The van der Waals surface area contributed by atoms with Crippen LogP contribution in [0.1, 0.15) is 30.5 Å². The van der Waals surface area contributed by atoms with Gasteiger partial charge in [-0.25, -0.2) is 17.6 Å². The van der Waals surface area contributed by atoms with Gasteiger partial charge in [0.15, 0.2) is 0 Å². The third kappa shape index (κ3) is 3.40. The molecule has 2 atom stereocenters. The number of nitrogens with zero attached hydrogens (tertiary/aromatic N) is 1. The van der Waals surface area contributed by atoms with Gasteiger partial charge in [-0.05, 0) is 31.5 Å². The van der Waals surface area contributed by atoms with Crippen LogP contribution in [0.4, 0.5) is 4.39 Å². The number of benzene rings is 2. The quantitative estimate of drug-likeness (QED) is 0.847. The highest BCUT2D eigenvalue weighted by molar-refractivity contribution is 7.89. The van der Waals surface area contributed by atoms with E-state index in [4.69, 9.17) is 0 Å². The Labute approximate surface area is 157 Å². The van der Waals surface area contributed by atoms with E-state index in [1.165, 1.54) is 36.4 Å². The average Bonchev–Trinajstić information content (AvgIpc) is 3.03. The number of aliphatic carboxylic acids is 1. The third-order valence-corrected chi connectivity index (χ3v) is 6.61. The number of hydrogen-bond acceptors (Lipinski definition) is 3. The van der Waals surface area contributed by atoms with Crippen LogP contribution in [0.2, 0.25) is 0 Å². The topological polar surface area (TPSA) is 74.7 Å². The molecule has 5 nitrogen and oxygen atoms in total. The summed E-state index contributed by atoms with van der Waals surface area (Å²) in [5.74, 6) is -1.90. The summed E-state index contributed by atoms with van der Waals surface area (Å²) in [5, 5.41) is 9.63. The second-order valence-electron chi connectivity index (χ2n) is 6.47. The molecule has 142 valence electrons. The summed E-state index contributed by atoms with van der Waals surface area (Å²) in [6, 6.07) is 10.1. The van der Waals surface area contributed by atoms with Gasteiger partial charge < -0.3 is 5.11 Å². The summed E-state index contributed by atoms with van der Waals surface area (Å²) in [5.41, 5.74) is 0.790. The van der Waals surface area contributed by atoms with Crippen LogP contribution in [0.5, 0.6) is 0 Å². The fourth-order valence-corrected chi connectivity index (χ4v) is 5.13. The Morgan fingerprint density at radius 2 is 1.78 bits per heavy atom. The van der Waals surface area contributed by atoms with Crippen LogP contribution in [0.3, 0.4) is 0 Å². The first-order valence-electron chi connectivity index (χ1n) is 8.57. The smallest absolute Gasteiger partial charge is 0.333 e. The number of hydrogen-bond donors (Lipinski definition) is 1. The van der Waals surface area contributed by atoms with Gasteiger partial charge in [0.05, 0.1) is 16.5 Å². The summed E-state index contributed by atoms with van der Waals surface area (Å²) in [7, 11) is -4.05. The highest BCUT2D eigenvalue weighted by Gasteiger charge is 2.46. The van der Waals surface area contributed by atoms with Crippen molar-refractivity contribution in [2.24, 2.45) is 0 Å². The Morgan fingerprint density at radius 3 is 2.33 bits per heavy atom. The number of rotatable bonds is 5. The lowest BCUT2D eigenvalue weighted by atomic mass is 10.0. The van der Waals surface area contributed by atoms with E-state index >= 15 is 0 Å². The van der Waals surface area contributed by atoms with Crippen molar-refractivity contribution in [1.29, 1.82) is 0 Å². The minimum atomic E-state index is -4.05. The lowest BCUT2D eigenvalue weighted by Crippen LogP contribution is -2.39. The molecular weight excluding hydrogens is 369 g/mol. The van der Waals surface area contributed by atoms with Gasteiger partial charge in [0.25, 0.3) is 0 Å². The monoisotopic (exact) mass is 389 g/mol. The third-order valence-electron chi connectivity index (χ3n) is 4.71. The van der Waals surface area contributed by atoms with Gasteiger partial charge in [-0.15, -0.1) is 0 Å². The van der Waals surface area contributed by atoms with Crippen molar-refractivity contribution < 1.29 is 22.7 Å². The van der Waals surface area contributed by atoms with Crippen LogP contribution in [0.15, 0.2) is 65.1 Å². The highest BCUT2D eigenvalue weighted by atomic mass is 32.2. The molecule has 0 aromatic heterocycles. The van der Waals surface area contributed by atoms with Gasteiger partial charge >= 0.3 is 5.97 Å². The second-order valence-corrected chi connectivity index (χ2v) is 8.32. The van der Waals surface area contributed by atoms with Gasteiger partial charge in [0, 0.05) is 11.6 Å². The number of carboxylic acid groups (broad SMARTS) is 1. The number of halogens is 1. The van der Waals surface area contributed by atoms with Gasteiger partial charge in [0.1, 0.15) is 5.82 Å². The molecular formula is C20H20FNO4S. The molecule has 0 fully saturated rings. The predicted octanol–water partition coefficient (Wildman–Crippen LogP) is 3.67. The van der Waals surface area contributed by atoms with E-state index in [0.717, 1.165) is 9.87 Å². The molecule has 0 radical (unpaired) electrons. The molecule has 0 saturated heterocycles. The first kappa shape index (κ1) is 19.3. The zero-order valence-electron chi connectivity index (χ0n) is 15.0. The van der Waals surface area contributed by atoms with E-state index in [9.17, 15) is 22.7 Å². The highest BCUT2D eigenvalue weighted by Crippen LogP contribution is 2.42. The van der Waals surface area contributed by atoms with Crippen molar-refractivity contribution in [2.75, 3.05) is 0 Å². The van der Waals surface area contributed by atoms with Crippen LogP contribution < -0.4 is 0 Å². The van der Waals surface area contributed by atoms with Gasteiger partial charge in [-0.1, -0.05) is 48.9 Å². The number of sulfonamides is 1. The fourth-order valence-electron chi connectivity index (χ4n) is 3.34. The Hall–Kier alpha value is -2.51. The Bertz CT molecular complexity index is 999. The molecule has 0 unspecified atom stereocenters. The zero-order chi connectivity index (χ0) is 19.8. The van der Waals surface area contributed by atoms with E-state index in [1.807, 2.05) is 6.92 Å². The molecule has 7 heteroatoms. The molecule has 0 bridgehead atoms. The molecule has 1 aliphatic rings. The maximum atomic E-state index is 14.5. The maximum absolute atomic E-state index is 14.5. The van der Waals surface area contributed by atoms with E-state index in [1.54, 1.807) is 25.1 Å².